The first-order valence-corrected chi connectivity index (χ1v) is 8.14. The van der Waals surface area contributed by atoms with Gasteiger partial charge in [0.2, 0.25) is 0 Å². The Balaban J connectivity index is 1.87. The van der Waals surface area contributed by atoms with E-state index < -0.39 is 0 Å². The number of ether oxygens (including phenoxy) is 1. The fourth-order valence-electron chi connectivity index (χ4n) is 1.72. The number of hydrogen-bond donors (Lipinski definition) is 1. The molecule has 0 aliphatic carbocycles. The number of benzene rings is 1. The summed E-state index contributed by atoms with van der Waals surface area (Å²) in [6.07, 6.45) is 1.12. The molecule has 0 radical (unpaired) electrons. The molecule has 0 bridgehead atoms. The van der Waals surface area contributed by atoms with Crippen molar-refractivity contribution in [1.29, 1.82) is 0 Å². The highest BCUT2D eigenvalue weighted by atomic mass is 79.9. The van der Waals surface area contributed by atoms with Crippen LogP contribution in [0, 0.1) is 0 Å². The zero-order valence-corrected chi connectivity index (χ0v) is 14.5. The highest BCUT2D eigenvalue weighted by Crippen LogP contribution is 2.28. The van der Waals surface area contributed by atoms with Gasteiger partial charge in [0.15, 0.2) is 0 Å². The Hall–Kier alpha value is -0.780. The lowest BCUT2D eigenvalue weighted by molar-refractivity contribution is 0.263. The van der Waals surface area contributed by atoms with Crippen LogP contribution in [0.3, 0.4) is 0 Å². The van der Waals surface area contributed by atoms with E-state index in [0.717, 1.165) is 45.7 Å². The summed E-state index contributed by atoms with van der Waals surface area (Å²) < 4.78 is 13.4. The molecule has 0 saturated carbocycles. The smallest absolute Gasteiger partial charge is 0.146 e. The Morgan fingerprint density at radius 2 is 1.95 bits per heavy atom. The van der Waals surface area contributed by atoms with Gasteiger partial charge < -0.3 is 14.5 Å². The van der Waals surface area contributed by atoms with Crippen molar-refractivity contribution in [2.24, 2.45) is 0 Å². The van der Waals surface area contributed by atoms with Gasteiger partial charge in [0, 0.05) is 4.47 Å². The van der Waals surface area contributed by atoms with E-state index in [1.807, 2.05) is 30.3 Å². The summed E-state index contributed by atoms with van der Waals surface area (Å²) in [5.74, 6) is 2.57. The maximum absolute atomic E-state index is 5.73. The summed E-state index contributed by atoms with van der Waals surface area (Å²) in [6.45, 7) is 4.33. The summed E-state index contributed by atoms with van der Waals surface area (Å²) >= 11 is 6.89. The number of furan rings is 1. The summed E-state index contributed by atoms with van der Waals surface area (Å²) in [5.41, 5.74) is 0. The molecular formula is C15H17Br2NO2. The van der Waals surface area contributed by atoms with Crippen molar-refractivity contribution >= 4 is 31.9 Å². The van der Waals surface area contributed by atoms with Crippen molar-refractivity contribution in [2.45, 2.75) is 26.5 Å². The molecule has 0 aliphatic rings. The molecule has 0 atom stereocenters. The molecule has 0 spiro atoms. The summed E-state index contributed by atoms with van der Waals surface area (Å²) in [5, 5.41) is 3.31. The van der Waals surface area contributed by atoms with Gasteiger partial charge in [0.05, 0.1) is 11.0 Å². The van der Waals surface area contributed by atoms with Gasteiger partial charge in [-0.1, -0.05) is 22.9 Å². The van der Waals surface area contributed by atoms with Gasteiger partial charge in [-0.05, 0) is 59.2 Å². The van der Waals surface area contributed by atoms with Crippen LogP contribution >= 0.6 is 31.9 Å². The second-order valence-corrected chi connectivity index (χ2v) is 6.18. The van der Waals surface area contributed by atoms with Gasteiger partial charge in [-0.3, -0.25) is 0 Å². The molecule has 0 unspecified atom stereocenters. The van der Waals surface area contributed by atoms with Crippen LogP contribution < -0.4 is 10.1 Å². The quantitative estimate of drug-likeness (QED) is 0.670. The monoisotopic (exact) mass is 401 g/mol. The standard InChI is InChI=1S/C15H17Br2NO2/c1-2-7-18-9-12-4-5-13(20-12)10-19-15-6-3-11(16)8-14(15)17/h3-6,8,18H,2,7,9-10H2,1H3. The first kappa shape index (κ1) is 15.6. The van der Waals surface area contributed by atoms with E-state index >= 15 is 0 Å². The van der Waals surface area contributed by atoms with Gasteiger partial charge in [0.25, 0.3) is 0 Å². The van der Waals surface area contributed by atoms with Gasteiger partial charge >= 0.3 is 0 Å². The van der Waals surface area contributed by atoms with Crippen molar-refractivity contribution in [2.75, 3.05) is 6.54 Å². The van der Waals surface area contributed by atoms with Crippen LogP contribution in [0.1, 0.15) is 24.9 Å². The van der Waals surface area contributed by atoms with Gasteiger partial charge in [0.1, 0.15) is 23.9 Å². The maximum Gasteiger partial charge on any atom is 0.146 e. The van der Waals surface area contributed by atoms with E-state index in [1.54, 1.807) is 0 Å². The average Bonchev–Trinajstić information content (AvgIpc) is 2.86. The van der Waals surface area contributed by atoms with E-state index in [9.17, 15) is 0 Å². The predicted octanol–water partition coefficient (Wildman–Crippen LogP) is 4.88. The highest BCUT2D eigenvalue weighted by molar-refractivity contribution is 9.11. The fraction of sp³-hybridized carbons (Fsp3) is 0.333. The Kier molecular flexibility index (Phi) is 6.13. The van der Waals surface area contributed by atoms with Gasteiger partial charge in [-0.15, -0.1) is 0 Å². The molecule has 5 heteroatoms. The third-order valence-corrected chi connectivity index (χ3v) is 3.82. The van der Waals surface area contributed by atoms with Crippen LogP contribution in [0.5, 0.6) is 5.75 Å². The largest absolute Gasteiger partial charge is 0.484 e. The van der Waals surface area contributed by atoms with E-state index in [-0.39, 0.29) is 0 Å². The van der Waals surface area contributed by atoms with Gasteiger partial charge in [-0.25, -0.2) is 0 Å². The highest BCUT2D eigenvalue weighted by Gasteiger charge is 2.05. The van der Waals surface area contributed by atoms with E-state index in [1.165, 1.54) is 0 Å². The molecule has 0 amide bonds. The second kappa shape index (κ2) is 7.86. The summed E-state index contributed by atoms with van der Waals surface area (Å²) in [7, 11) is 0. The lowest BCUT2D eigenvalue weighted by atomic mass is 10.3. The molecule has 1 aromatic carbocycles. The van der Waals surface area contributed by atoms with E-state index in [2.05, 4.69) is 44.1 Å². The van der Waals surface area contributed by atoms with Gasteiger partial charge in [-0.2, -0.15) is 0 Å². The Labute approximate surface area is 136 Å². The Morgan fingerprint density at radius 1 is 1.15 bits per heavy atom. The zero-order valence-electron chi connectivity index (χ0n) is 11.3. The van der Waals surface area contributed by atoms with Crippen molar-refractivity contribution in [3.8, 4) is 5.75 Å². The molecule has 3 nitrogen and oxygen atoms in total. The predicted molar refractivity (Wildman–Crippen MR) is 86.9 cm³/mol. The van der Waals surface area contributed by atoms with Crippen LogP contribution in [-0.2, 0) is 13.2 Å². The van der Waals surface area contributed by atoms with Crippen molar-refractivity contribution < 1.29 is 9.15 Å². The van der Waals surface area contributed by atoms with Crippen molar-refractivity contribution in [3.63, 3.8) is 0 Å². The minimum atomic E-state index is 0.425. The molecule has 2 aromatic rings. The lowest BCUT2D eigenvalue weighted by Gasteiger charge is -2.07. The first-order valence-electron chi connectivity index (χ1n) is 6.55. The van der Waals surface area contributed by atoms with Crippen molar-refractivity contribution in [3.05, 3.63) is 50.8 Å². The fourth-order valence-corrected chi connectivity index (χ4v) is 2.89. The Bertz CT molecular complexity index is 555. The first-order chi connectivity index (χ1) is 9.69. The SMILES string of the molecule is CCCNCc1ccc(COc2ccc(Br)cc2Br)o1. The van der Waals surface area contributed by atoms with E-state index in [0.29, 0.717) is 6.61 Å². The zero-order chi connectivity index (χ0) is 14.4. The molecule has 20 heavy (non-hydrogen) atoms. The third kappa shape index (κ3) is 4.65. The van der Waals surface area contributed by atoms with Crippen LogP contribution in [0.15, 0.2) is 43.7 Å². The van der Waals surface area contributed by atoms with Crippen LogP contribution in [-0.4, -0.2) is 6.54 Å². The summed E-state index contributed by atoms with van der Waals surface area (Å²) in [6, 6.07) is 9.76. The minimum absolute atomic E-state index is 0.425. The maximum atomic E-state index is 5.73. The molecule has 0 fully saturated rings. The third-order valence-electron chi connectivity index (χ3n) is 2.71. The molecule has 108 valence electrons. The van der Waals surface area contributed by atoms with Crippen LogP contribution in [0.25, 0.3) is 0 Å². The number of hydrogen-bond acceptors (Lipinski definition) is 3. The van der Waals surface area contributed by atoms with Crippen LogP contribution in [0.4, 0.5) is 0 Å². The van der Waals surface area contributed by atoms with Crippen molar-refractivity contribution in [1.82, 2.24) is 5.32 Å². The molecule has 0 aliphatic heterocycles. The number of halogens is 2. The molecule has 1 N–H and O–H groups in total. The average molecular weight is 403 g/mol. The lowest BCUT2D eigenvalue weighted by Crippen LogP contribution is -2.13. The Morgan fingerprint density at radius 3 is 2.70 bits per heavy atom. The molecule has 1 heterocycles. The van der Waals surface area contributed by atoms with E-state index in [4.69, 9.17) is 9.15 Å². The molecule has 2 rings (SSSR count). The summed E-state index contributed by atoms with van der Waals surface area (Å²) in [4.78, 5) is 0. The number of nitrogens with one attached hydrogen (secondary N) is 1. The molecule has 1 aromatic heterocycles. The number of rotatable bonds is 7. The molecular weight excluding hydrogens is 386 g/mol. The van der Waals surface area contributed by atoms with Crippen LogP contribution in [0.2, 0.25) is 0 Å². The topological polar surface area (TPSA) is 34.4 Å². The second-order valence-electron chi connectivity index (χ2n) is 4.41. The normalized spacial score (nSPS) is 10.8. The molecule has 0 saturated heterocycles. The minimum Gasteiger partial charge on any atom is -0.484 e.